The van der Waals surface area contributed by atoms with Crippen LogP contribution in [-0.4, -0.2) is 18.2 Å². The van der Waals surface area contributed by atoms with E-state index in [0.717, 1.165) is 36.5 Å². The first-order valence-electron chi connectivity index (χ1n) is 8.68. The molecule has 3 aromatic rings. The monoisotopic (exact) mass is 329 g/mol. The lowest BCUT2D eigenvalue weighted by molar-refractivity contribution is 0.715. The van der Waals surface area contributed by atoms with Gasteiger partial charge in [0.05, 0.1) is 0 Å². The summed E-state index contributed by atoms with van der Waals surface area (Å²) in [6.45, 7) is 10.1. The average Bonchev–Trinajstić information content (AvgIpc) is 2.97. The lowest BCUT2D eigenvalue weighted by atomic mass is 10.0. The molecule has 4 rings (SSSR count). The van der Waals surface area contributed by atoms with Gasteiger partial charge in [0.25, 0.3) is 0 Å². The molecular weight excluding hydrogens is 306 g/mol. The van der Waals surface area contributed by atoms with Crippen LogP contribution in [0.5, 0.6) is 0 Å². The summed E-state index contributed by atoms with van der Waals surface area (Å²) in [7, 11) is 1.90. The first-order chi connectivity index (χ1) is 12.2. The van der Waals surface area contributed by atoms with Gasteiger partial charge in [0.15, 0.2) is 0 Å². The molecule has 3 nitrogen and oxygen atoms in total. The zero-order valence-corrected chi connectivity index (χ0v) is 14.6. The summed E-state index contributed by atoms with van der Waals surface area (Å²) in [5, 5.41) is 7.80. The lowest BCUT2D eigenvalue weighted by Gasteiger charge is -2.20. The predicted molar refractivity (Wildman–Crippen MR) is 106 cm³/mol. The van der Waals surface area contributed by atoms with Crippen molar-refractivity contribution in [1.82, 2.24) is 15.2 Å². The van der Waals surface area contributed by atoms with E-state index < -0.39 is 0 Å². The van der Waals surface area contributed by atoms with Crippen molar-refractivity contribution in [2.75, 3.05) is 13.6 Å². The third-order valence-electron chi connectivity index (χ3n) is 5.03. The van der Waals surface area contributed by atoms with Crippen LogP contribution in [0.25, 0.3) is 22.3 Å². The van der Waals surface area contributed by atoms with Gasteiger partial charge >= 0.3 is 0 Å². The van der Waals surface area contributed by atoms with Crippen molar-refractivity contribution in [2.24, 2.45) is 0 Å². The Kier molecular flexibility index (Phi) is 3.85. The fourth-order valence-corrected chi connectivity index (χ4v) is 3.69. The fraction of sp³-hybridized carbons (Fsp3) is 0.182. The Morgan fingerprint density at radius 1 is 1.16 bits per heavy atom. The summed E-state index contributed by atoms with van der Waals surface area (Å²) in [6, 6.07) is 17.3. The van der Waals surface area contributed by atoms with Crippen molar-refractivity contribution in [3.05, 3.63) is 84.1 Å². The zero-order valence-electron chi connectivity index (χ0n) is 14.6. The maximum atomic E-state index is 4.23. The molecular formula is C22H23N3. The first-order valence-corrected chi connectivity index (χ1v) is 8.68. The van der Waals surface area contributed by atoms with Crippen LogP contribution in [0.15, 0.2) is 61.7 Å². The molecule has 2 N–H and O–H groups in total. The Labute approximate surface area is 148 Å². The molecule has 0 aliphatic carbocycles. The highest BCUT2D eigenvalue weighted by molar-refractivity contribution is 5.94. The Balaban J connectivity index is 1.77. The second-order valence-electron chi connectivity index (χ2n) is 6.51. The smallest absolute Gasteiger partial charge is 0.0492 e. The molecule has 2 aromatic carbocycles. The highest BCUT2D eigenvalue weighted by Gasteiger charge is 2.21. The van der Waals surface area contributed by atoms with Gasteiger partial charge in [0.2, 0.25) is 0 Å². The van der Waals surface area contributed by atoms with Crippen molar-refractivity contribution in [2.45, 2.75) is 13.0 Å². The van der Waals surface area contributed by atoms with Crippen LogP contribution in [-0.2, 0) is 13.0 Å². The van der Waals surface area contributed by atoms with Crippen molar-refractivity contribution in [3.63, 3.8) is 0 Å². The molecule has 0 amide bonds. The van der Waals surface area contributed by atoms with E-state index in [1.807, 2.05) is 7.05 Å². The molecule has 0 unspecified atom stereocenters. The lowest BCUT2D eigenvalue weighted by Crippen LogP contribution is -2.23. The summed E-state index contributed by atoms with van der Waals surface area (Å²) < 4.78 is 2.44. The number of nitrogens with one attached hydrogen (secondary N) is 2. The topological polar surface area (TPSA) is 29.0 Å². The average molecular weight is 329 g/mol. The van der Waals surface area contributed by atoms with Gasteiger partial charge in [-0.2, -0.15) is 0 Å². The third-order valence-corrected chi connectivity index (χ3v) is 5.03. The van der Waals surface area contributed by atoms with E-state index in [9.17, 15) is 0 Å². The minimum Gasteiger partial charge on any atom is -0.388 e. The molecule has 126 valence electrons. The van der Waals surface area contributed by atoms with E-state index in [1.165, 1.54) is 27.7 Å². The van der Waals surface area contributed by atoms with E-state index in [0.29, 0.717) is 0 Å². The third kappa shape index (κ3) is 2.62. The highest BCUT2D eigenvalue weighted by Crippen LogP contribution is 2.33. The maximum Gasteiger partial charge on any atom is 0.0492 e. The van der Waals surface area contributed by atoms with Gasteiger partial charge in [-0.15, -0.1) is 0 Å². The first kappa shape index (κ1) is 15.6. The predicted octanol–water partition coefficient (Wildman–Crippen LogP) is 4.00. The van der Waals surface area contributed by atoms with Gasteiger partial charge in [0.1, 0.15) is 0 Å². The van der Waals surface area contributed by atoms with E-state index in [-0.39, 0.29) is 0 Å². The number of hydrogen-bond acceptors (Lipinski definition) is 2. The van der Waals surface area contributed by atoms with Crippen LogP contribution in [0.1, 0.15) is 22.4 Å². The van der Waals surface area contributed by atoms with Crippen LogP contribution < -0.4 is 10.6 Å². The molecule has 25 heavy (non-hydrogen) atoms. The number of benzene rings is 2. The minimum absolute atomic E-state index is 0.870. The number of rotatable bonds is 4. The van der Waals surface area contributed by atoms with E-state index in [1.54, 1.807) is 0 Å². The number of hydrogen-bond donors (Lipinski definition) is 2. The molecule has 1 aromatic heterocycles. The normalized spacial score (nSPS) is 13.4. The van der Waals surface area contributed by atoms with Gasteiger partial charge in [0, 0.05) is 60.1 Å². The summed E-state index contributed by atoms with van der Waals surface area (Å²) in [6.07, 6.45) is 1.03. The highest BCUT2D eigenvalue weighted by atomic mass is 15.0. The van der Waals surface area contributed by atoms with E-state index in [2.05, 4.69) is 76.9 Å². The molecule has 3 heteroatoms. The van der Waals surface area contributed by atoms with E-state index in [4.69, 9.17) is 0 Å². The Bertz CT molecular complexity index is 961. The molecule has 0 spiro atoms. The molecule has 0 atom stereocenters. The van der Waals surface area contributed by atoms with Crippen LogP contribution in [0.3, 0.4) is 0 Å². The van der Waals surface area contributed by atoms with Crippen molar-refractivity contribution in [1.29, 1.82) is 0 Å². The molecule has 0 fully saturated rings. The molecule has 2 heterocycles. The second kappa shape index (κ2) is 6.17. The van der Waals surface area contributed by atoms with Crippen molar-refractivity contribution in [3.8, 4) is 0 Å². The van der Waals surface area contributed by atoms with Crippen molar-refractivity contribution < 1.29 is 0 Å². The van der Waals surface area contributed by atoms with Crippen LogP contribution >= 0.6 is 0 Å². The van der Waals surface area contributed by atoms with Crippen molar-refractivity contribution >= 4 is 22.3 Å². The van der Waals surface area contributed by atoms with Crippen LogP contribution in [0.2, 0.25) is 0 Å². The number of fused-ring (bicyclic) bond motifs is 3. The number of aromatic nitrogens is 1. The molecule has 1 aliphatic heterocycles. The summed E-state index contributed by atoms with van der Waals surface area (Å²) >= 11 is 0. The van der Waals surface area contributed by atoms with E-state index >= 15 is 0 Å². The molecule has 0 saturated heterocycles. The molecule has 1 aliphatic rings. The Hall–Kier alpha value is -2.94. The van der Waals surface area contributed by atoms with Crippen LogP contribution in [0, 0.1) is 0 Å². The van der Waals surface area contributed by atoms with Gasteiger partial charge in [-0.3, -0.25) is 0 Å². The quantitative estimate of drug-likeness (QED) is 0.757. The zero-order chi connectivity index (χ0) is 17.4. The Morgan fingerprint density at radius 2 is 1.92 bits per heavy atom. The largest absolute Gasteiger partial charge is 0.388 e. The SMILES string of the molecule is C=C(NC)c1ccc(Cn2c3c(c4ccccc42)C(=C)NCC3)cc1. The standard InChI is InChI=1S/C22H23N3/c1-15(23-3)18-10-8-17(9-11-18)14-25-20-7-5-4-6-19(20)22-16(2)24-13-12-21(22)25/h4-11,23-24H,1-2,12-14H2,3H3. The van der Waals surface area contributed by atoms with Gasteiger partial charge < -0.3 is 15.2 Å². The maximum absolute atomic E-state index is 4.23. The van der Waals surface area contributed by atoms with Gasteiger partial charge in [-0.25, -0.2) is 0 Å². The number of nitrogens with zero attached hydrogens (tertiary/aromatic N) is 1. The molecule has 0 bridgehead atoms. The van der Waals surface area contributed by atoms with Crippen LogP contribution in [0.4, 0.5) is 0 Å². The summed E-state index contributed by atoms with van der Waals surface area (Å²) in [4.78, 5) is 0. The Morgan fingerprint density at radius 3 is 2.68 bits per heavy atom. The van der Waals surface area contributed by atoms with Gasteiger partial charge in [-0.1, -0.05) is 55.6 Å². The molecule has 0 saturated carbocycles. The fourth-order valence-electron chi connectivity index (χ4n) is 3.69. The molecule has 0 radical (unpaired) electrons. The van der Waals surface area contributed by atoms with Gasteiger partial charge in [-0.05, 0) is 17.2 Å². The number of para-hydroxylation sites is 1. The summed E-state index contributed by atoms with van der Waals surface area (Å²) in [5.41, 5.74) is 8.34. The minimum atomic E-state index is 0.870. The second-order valence-corrected chi connectivity index (χ2v) is 6.51. The summed E-state index contributed by atoms with van der Waals surface area (Å²) in [5.74, 6) is 0.